The van der Waals surface area contributed by atoms with Gasteiger partial charge in [0.15, 0.2) is 0 Å². The fourth-order valence-electron chi connectivity index (χ4n) is 0.950. The first kappa shape index (κ1) is 10.8. The van der Waals surface area contributed by atoms with Gasteiger partial charge in [-0.15, -0.1) is 0 Å². The van der Waals surface area contributed by atoms with Crippen LogP contribution in [-0.4, -0.2) is 13.5 Å². The molecule has 0 N–H and O–H groups in total. The lowest BCUT2D eigenvalue weighted by Crippen LogP contribution is -2.11. The number of sulfone groups is 1. The highest BCUT2D eigenvalue weighted by atomic mass is 32.2. The number of hydrogen-bond acceptors (Lipinski definition) is 3. The molecule has 1 rings (SSSR count). The maximum Gasteiger partial charge on any atom is 0.248 e. The molecule has 1 aromatic carbocycles. The van der Waals surface area contributed by atoms with Gasteiger partial charge in [-0.25, -0.2) is 12.8 Å². The van der Waals surface area contributed by atoms with Crippen molar-refractivity contribution in [1.29, 1.82) is 0 Å². The second-order valence-corrected chi connectivity index (χ2v) is 4.96. The Labute approximate surface area is 81.5 Å². The zero-order valence-electron chi connectivity index (χ0n) is 7.74. The molecule has 0 aliphatic carbocycles. The first-order valence-corrected chi connectivity index (χ1v) is 5.36. The Morgan fingerprint density at radius 3 is 2.36 bits per heavy atom. The van der Waals surface area contributed by atoms with E-state index in [9.17, 15) is 17.6 Å². The van der Waals surface area contributed by atoms with Crippen molar-refractivity contribution in [2.45, 2.75) is 18.7 Å². The van der Waals surface area contributed by atoms with Gasteiger partial charge in [0.05, 0.1) is 4.90 Å². The maximum atomic E-state index is 12.8. The molecule has 0 aliphatic heterocycles. The predicted octanol–water partition coefficient (Wildman–Crippen LogP) is 1.45. The van der Waals surface area contributed by atoms with Crippen LogP contribution in [0.1, 0.15) is 12.5 Å². The quantitative estimate of drug-likeness (QED) is 0.668. The van der Waals surface area contributed by atoms with E-state index in [4.69, 9.17) is 0 Å². The number of halogens is 1. The monoisotopic (exact) mass is 216 g/mol. The summed E-state index contributed by atoms with van der Waals surface area (Å²) < 4.78 is 35.5. The molecule has 0 bridgehead atoms. The van der Waals surface area contributed by atoms with E-state index in [0.29, 0.717) is 0 Å². The van der Waals surface area contributed by atoms with Gasteiger partial charge in [-0.05, 0) is 30.7 Å². The molecule has 1 aromatic rings. The summed E-state index contributed by atoms with van der Waals surface area (Å²) in [7, 11) is -3.92. The van der Waals surface area contributed by atoms with Crippen molar-refractivity contribution in [3.63, 3.8) is 0 Å². The average Bonchev–Trinajstić information content (AvgIpc) is 2.09. The lowest BCUT2D eigenvalue weighted by molar-refractivity contribution is -0.109. The third kappa shape index (κ3) is 1.82. The number of carbonyl (C=O) groups excluding carboxylic acids is 1. The van der Waals surface area contributed by atoms with Crippen LogP contribution in [0.3, 0.4) is 0 Å². The summed E-state index contributed by atoms with van der Waals surface area (Å²) in [5.41, 5.74) is 0.201. The maximum absolute atomic E-state index is 12.8. The molecule has 0 aromatic heterocycles. The van der Waals surface area contributed by atoms with Crippen LogP contribution in [0.15, 0.2) is 23.1 Å². The number of aryl methyl sites for hydroxylation is 1. The zero-order chi connectivity index (χ0) is 10.9. The topological polar surface area (TPSA) is 51.2 Å². The van der Waals surface area contributed by atoms with E-state index in [0.717, 1.165) is 25.1 Å². The molecule has 5 heteroatoms. The highest BCUT2D eigenvalue weighted by Gasteiger charge is 2.20. The van der Waals surface area contributed by atoms with E-state index in [1.807, 2.05) is 0 Å². The highest BCUT2D eigenvalue weighted by Crippen LogP contribution is 2.15. The Kier molecular flexibility index (Phi) is 2.71. The van der Waals surface area contributed by atoms with Crippen molar-refractivity contribution in [1.82, 2.24) is 0 Å². The van der Waals surface area contributed by atoms with Crippen LogP contribution in [0.5, 0.6) is 0 Å². The predicted molar refractivity (Wildman–Crippen MR) is 49.0 cm³/mol. The highest BCUT2D eigenvalue weighted by molar-refractivity contribution is 8.06. The molecular formula is C9H9FO3S. The average molecular weight is 216 g/mol. The summed E-state index contributed by atoms with van der Waals surface area (Å²) in [5.74, 6) is -0.493. The second-order valence-electron chi connectivity index (χ2n) is 2.91. The van der Waals surface area contributed by atoms with Gasteiger partial charge in [-0.1, -0.05) is 0 Å². The second kappa shape index (κ2) is 3.49. The SMILES string of the molecule is CC(=O)S(=O)(=O)c1ccc(F)c(C)c1. The normalized spacial score (nSPS) is 11.4. The summed E-state index contributed by atoms with van der Waals surface area (Å²) in [6, 6.07) is 3.26. The van der Waals surface area contributed by atoms with Crippen LogP contribution in [-0.2, 0) is 14.6 Å². The summed E-state index contributed by atoms with van der Waals surface area (Å²) in [5, 5.41) is -0.941. The molecule has 0 amide bonds. The van der Waals surface area contributed by atoms with E-state index < -0.39 is 20.8 Å². The van der Waals surface area contributed by atoms with Crippen LogP contribution < -0.4 is 0 Å². The lowest BCUT2D eigenvalue weighted by Gasteiger charge is -2.01. The Hall–Kier alpha value is -1.23. The smallest absolute Gasteiger partial charge is 0.248 e. The van der Waals surface area contributed by atoms with Crippen molar-refractivity contribution in [2.75, 3.05) is 0 Å². The molecule has 14 heavy (non-hydrogen) atoms. The Morgan fingerprint density at radius 2 is 1.93 bits per heavy atom. The standard InChI is InChI=1S/C9H9FO3S/c1-6-5-8(3-4-9(6)10)14(12,13)7(2)11/h3-5H,1-2H3. The van der Waals surface area contributed by atoms with Crippen LogP contribution in [0, 0.1) is 12.7 Å². The third-order valence-electron chi connectivity index (χ3n) is 1.82. The zero-order valence-corrected chi connectivity index (χ0v) is 8.56. The van der Waals surface area contributed by atoms with Crippen molar-refractivity contribution in [2.24, 2.45) is 0 Å². The van der Waals surface area contributed by atoms with Gasteiger partial charge in [0.25, 0.3) is 0 Å². The first-order chi connectivity index (χ1) is 6.35. The number of rotatable bonds is 1. The number of benzene rings is 1. The van der Waals surface area contributed by atoms with E-state index in [1.165, 1.54) is 6.92 Å². The molecule has 76 valence electrons. The van der Waals surface area contributed by atoms with Gasteiger partial charge >= 0.3 is 0 Å². The number of hydrogen-bond donors (Lipinski definition) is 0. The minimum Gasteiger partial charge on any atom is -0.282 e. The molecule has 0 heterocycles. The van der Waals surface area contributed by atoms with Crippen LogP contribution in [0.25, 0.3) is 0 Å². The van der Waals surface area contributed by atoms with E-state index in [1.54, 1.807) is 0 Å². The molecule has 0 radical (unpaired) electrons. The lowest BCUT2D eigenvalue weighted by atomic mass is 10.2. The Balaban J connectivity index is 3.36. The minimum atomic E-state index is -3.92. The van der Waals surface area contributed by atoms with E-state index >= 15 is 0 Å². The fraction of sp³-hybridized carbons (Fsp3) is 0.222. The van der Waals surface area contributed by atoms with E-state index in [-0.39, 0.29) is 10.5 Å². The third-order valence-corrected chi connectivity index (χ3v) is 3.45. The van der Waals surface area contributed by atoms with Gasteiger partial charge < -0.3 is 0 Å². The van der Waals surface area contributed by atoms with Crippen molar-refractivity contribution < 1.29 is 17.6 Å². The van der Waals surface area contributed by atoms with Gasteiger partial charge in [0, 0.05) is 6.92 Å². The molecule has 0 saturated carbocycles. The first-order valence-electron chi connectivity index (χ1n) is 3.87. The summed E-state index contributed by atoms with van der Waals surface area (Å²) in [6.07, 6.45) is 0. The van der Waals surface area contributed by atoms with Gasteiger partial charge in [0.2, 0.25) is 15.0 Å². The molecule has 0 fully saturated rings. The van der Waals surface area contributed by atoms with Crippen LogP contribution in [0.4, 0.5) is 4.39 Å². The molecule has 0 atom stereocenters. The van der Waals surface area contributed by atoms with Crippen molar-refractivity contribution >= 4 is 15.0 Å². The summed E-state index contributed by atoms with van der Waals surface area (Å²) >= 11 is 0. The van der Waals surface area contributed by atoms with Gasteiger partial charge in [0.1, 0.15) is 5.82 Å². The Morgan fingerprint density at radius 1 is 1.36 bits per heavy atom. The summed E-state index contributed by atoms with van der Waals surface area (Å²) in [6.45, 7) is 2.41. The minimum absolute atomic E-state index is 0.163. The van der Waals surface area contributed by atoms with Crippen LogP contribution >= 0.6 is 0 Å². The van der Waals surface area contributed by atoms with Crippen LogP contribution in [0.2, 0.25) is 0 Å². The molecule has 0 saturated heterocycles. The molecule has 0 aliphatic rings. The fourth-order valence-corrected chi connectivity index (χ4v) is 1.86. The van der Waals surface area contributed by atoms with Crippen molar-refractivity contribution in [3.05, 3.63) is 29.6 Å². The molecule has 0 unspecified atom stereocenters. The number of carbonyl (C=O) groups is 1. The molecular weight excluding hydrogens is 207 g/mol. The summed E-state index contributed by atoms with van der Waals surface area (Å²) in [4.78, 5) is 10.6. The van der Waals surface area contributed by atoms with Gasteiger partial charge in [-0.2, -0.15) is 0 Å². The van der Waals surface area contributed by atoms with Crippen molar-refractivity contribution in [3.8, 4) is 0 Å². The Bertz CT molecular complexity index is 477. The molecule has 3 nitrogen and oxygen atoms in total. The molecule has 0 spiro atoms. The van der Waals surface area contributed by atoms with Gasteiger partial charge in [-0.3, -0.25) is 4.79 Å². The van der Waals surface area contributed by atoms with E-state index in [2.05, 4.69) is 0 Å². The largest absolute Gasteiger partial charge is 0.282 e.